The van der Waals surface area contributed by atoms with E-state index in [0.717, 1.165) is 24.3 Å². The van der Waals surface area contributed by atoms with Gasteiger partial charge >= 0.3 is 18.3 Å². The van der Waals surface area contributed by atoms with E-state index in [1.165, 1.54) is 80.5 Å². The first-order valence-corrected chi connectivity index (χ1v) is 18.3. The Morgan fingerprint density at radius 3 is 1.75 bits per heavy atom. The smallest absolute Gasteiger partial charge is 0.416 e. The number of nitrogens with one attached hydrogen (secondary N) is 3. The van der Waals surface area contributed by atoms with Crippen LogP contribution in [0.4, 0.5) is 37.7 Å². The van der Waals surface area contributed by atoms with Crippen molar-refractivity contribution in [3.63, 3.8) is 0 Å². The molecule has 316 valence electrons. The lowest BCUT2D eigenvalue weighted by Gasteiger charge is -2.14. The minimum absolute atomic E-state index is 0.0590. The molecule has 0 unspecified atom stereocenters. The van der Waals surface area contributed by atoms with Gasteiger partial charge in [-0.05, 0) is 54.1 Å². The second-order valence-corrected chi connectivity index (χ2v) is 13.3. The average molecular weight is 863 g/mol. The number of hydrogen-bond donors (Lipinski definition) is 3. The second kappa shape index (κ2) is 17.7. The van der Waals surface area contributed by atoms with Crippen LogP contribution in [0.25, 0.3) is 44.3 Å². The van der Waals surface area contributed by atoms with E-state index < -0.39 is 46.7 Å². The van der Waals surface area contributed by atoms with Crippen molar-refractivity contribution < 1.29 is 45.5 Å². The maximum absolute atomic E-state index is 13.2. The maximum Gasteiger partial charge on any atom is 0.416 e. The summed E-state index contributed by atoms with van der Waals surface area (Å²) in [4.78, 5) is 72.2. The number of alkyl halides is 6. The number of H-pyrrole nitrogens is 1. The van der Waals surface area contributed by atoms with Gasteiger partial charge in [0, 0.05) is 65.9 Å². The molecule has 8 rings (SSSR count). The van der Waals surface area contributed by atoms with E-state index in [4.69, 9.17) is 4.74 Å². The number of carbonyl (C=O) groups is 3. The third-order valence-electron chi connectivity index (χ3n) is 8.99. The number of amides is 2. The molecule has 3 N–H and O–H groups in total. The molecule has 0 aliphatic carbocycles. The van der Waals surface area contributed by atoms with Gasteiger partial charge in [0.1, 0.15) is 17.1 Å². The number of rotatable bonds is 7. The summed E-state index contributed by atoms with van der Waals surface area (Å²) in [6, 6.07) is 21.4. The van der Waals surface area contributed by atoms with Crippen molar-refractivity contribution in [3.05, 3.63) is 167 Å². The lowest BCUT2D eigenvalue weighted by Crippen LogP contribution is -2.15. The summed E-state index contributed by atoms with van der Waals surface area (Å²) >= 11 is 0. The average Bonchev–Trinajstić information content (AvgIpc) is 3.27. The molecule has 4 aromatic carbocycles. The first-order chi connectivity index (χ1) is 30.0. The van der Waals surface area contributed by atoms with Crippen molar-refractivity contribution in [1.82, 2.24) is 29.9 Å². The topological polar surface area (TPSA) is 182 Å². The fraction of sp³-hybridized carbons (Fsp3) is 0.0682. The lowest BCUT2D eigenvalue weighted by molar-refractivity contribution is -0.138. The normalized spacial score (nSPS) is 11.3. The standard InChI is InChI=1S/C23H15F3N4O3.C21H13F3N4O2/c1-13(31)33-20-11-18(14-4-2-5-15(10-14)23(24,25)26)29-21-16(20)6-3-7-17(21)30-22(32)19-12-27-8-9-28-19;22-21(23,24)13-4-1-3-12(9-13)16-10-18(29)14-5-2-6-15(19(14)27-16)28-20(30)17-11-25-7-8-26-17/h2-12H,1H3,(H,30,32);1-11H,(H,27,29)(H,28,30). The van der Waals surface area contributed by atoms with Gasteiger partial charge in [-0.15, -0.1) is 0 Å². The zero-order valence-corrected chi connectivity index (χ0v) is 32.2. The zero-order chi connectivity index (χ0) is 44.9. The first-order valence-electron chi connectivity index (χ1n) is 18.3. The number of benzene rings is 4. The number of esters is 1. The van der Waals surface area contributed by atoms with Crippen LogP contribution in [0.5, 0.6) is 5.75 Å². The monoisotopic (exact) mass is 862 g/mol. The van der Waals surface area contributed by atoms with Gasteiger partial charge in [-0.2, -0.15) is 26.3 Å². The zero-order valence-electron chi connectivity index (χ0n) is 32.2. The fourth-order valence-corrected chi connectivity index (χ4v) is 6.16. The molecule has 0 atom stereocenters. The summed E-state index contributed by atoms with van der Waals surface area (Å²) in [6.45, 7) is 1.20. The van der Waals surface area contributed by atoms with Gasteiger partial charge in [0.25, 0.3) is 11.8 Å². The highest BCUT2D eigenvalue weighted by Gasteiger charge is 2.31. The van der Waals surface area contributed by atoms with Gasteiger partial charge in [0.2, 0.25) is 0 Å². The number of halogens is 6. The Balaban J connectivity index is 0.000000190. The van der Waals surface area contributed by atoms with Crippen LogP contribution in [0, 0.1) is 0 Å². The summed E-state index contributed by atoms with van der Waals surface area (Å²) in [5, 5.41) is 5.99. The fourth-order valence-electron chi connectivity index (χ4n) is 6.16. The van der Waals surface area contributed by atoms with Crippen LogP contribution in [0.15, 0.2) is 139 Å². The Hall–Kier alpha value is -8.35. The Labute approximate surface area is 350 Å². The van der Waals surface area contributed by atoms with Crippen molar-refractivity contribution in [2.75, 3.05) is 10.6 Å². The molecule has 4 heterocycles. The number of para-hydroxylation sites is 2. The second-order valence-electron chi connectivity index (χ2n) is 13.3. The van der Waals surface area contributed by atoms with E-state index in [1.807, 2.05) is 0 Å². The van der Waals surface area contributed by atoms with E-state index in [9.17, 15) is 45.5 Å². The van der Waals surface area contributed by atoms with Crippen molar-refractivity contribution >= 4 is 51.0 Å². The van der Waals surface area contributed by atoms with Crippen LogP contribution < -0.4 is 20.8 Å². The number of aromatic nitrogens is 6. The summed E-state index contributed by atoms with van der Waals surface area (Å²) in [5.41, 5.74) is -0.207. The molecule has 0 aliphatic rings. The van der Waals surface area contributed by atoms with E-state index in [0.29, 0.717) is 5.39 Å². The van der Waals surface area contributed by atoms with Gasteiger partial charge in [0.15, 0.2) is 5.43 Å². The lowest BCUT2D eigenvalue weighted by atomic mass is 10.0. The molecule has 13 nitrogen and oxygen atoms in total. The van der Waals surface area contributed by atoms with Crippen molar-refractivity contribution in [2.24, 2.45) is 0 Å². The van der Waals surface area contributed by atoms with Gasteiger partial charge in [-0.25, -0.2) is 15.0 Å². The highest BCUT2D eigenvalue weighted by molar-refractivity contribution is 6.09. The van der Waals surface area contributed by atoms with Gasteiger partial charge in [0.05, 0.1) is 51.6 Å². The summed E-state index contributed by atoms with van der Waals surface area (Å²) in [7, 11) is 0. The Morgan fingerprint density at radius 2 is 1.17 bits per heavy atom. The highest BCUT2D eigenvalue weighted by atomic mass is 19.4. The van der Waals surface area contributed by atoms with Crippen molar-refractivity contribution in [3.8, 4) is 28.3 Å². The molecule has 4 aromatic heterocycles. The number of carbonyl (C=O) groups excluding carboxylic acids is 3. The SMILES string of the molecule is CC(=O)Oc1cc(-c2cccc(C(F)(F)F)c2)nc2c(NC(=O)c3cnccn3)cccc12.O=C(Nc1cccc2c(=O)cc(-c3cccc(C(F)(F)F)c3)[nH]c12)c1cnccn1. The molecule has 0 saturated heterocycles. The number of fused-ring (bicyclic) bond motifs is 2. The van der Waals surface area contributed by atoms with Gasteiger partial charge < -0.3 is 20.4 Å². The van der Waals surface area contributed by atoms with Crippen LogP contribution in [-0.2, 0) is 17.1 Å². The third kappa shape index (κ3) is 10.00. The third-order valence-corrected chi connectivity index (χ3v) is 8.99. The number of aromatic amines is 1. The van der Waals surface area contributed by atoms with Crippen LogP contribution >= 0.6 is 0 Å². The largest absolute Gasteiger partial charge is 0.426 e. The van der Waals surface area contributed by atoms with Crippen LogP contribution in [-0.4, -0.2) is 47.7 Å². The molecule has 19 heteroatoms. The molecule has 0 saturated carbocycles. The van der Waals surface area contributed by atoms with E-state index in [2.05, 4.69) is 40.5 Å². The Morgan fingerprint density at radius 1 is 0.635 bits per heavy atom. The van der Waals surface area contributed by atoms with Crippen LogP contribution in [0.3, 0.4) is 0 Å². The predicted octanol–water partition coefficient (Wildman–Crippen LogP) is 9.14. The molecule has 63 heavy (non-hydrogen) atoms. The van der Waals surface area contributed by atoms with E-state index in [1.54, 1.807) is 36.4 Å². The number of hydrogen-bond acceptors (Lipinski definition) is 10. The molecule has 2 amide bonds. The van der Waals surface area contributed by atoms with Gasteiger partial charge in [-0.1, -0.05) is 36.4 Å². The van der Waals surface area contributed by atoms with Gasteiger partial charge in [-0.3, -0.25) is 29.1 Å². The molecule has 0 bridgehead atoms. The highest BCUT2D eigenvalue weighted by Crippen LogP contribution is 2.37. The molecule has 0 aliphatic heterocycles. The number of anilines is 2. The minimum atomic E-state index is -4.54. The quantitative estimate of drug-likeness (QED) is 0.103. The molecular weight excluding hydrogens is 835 g/mol. The molecule has 0 fully saturated rings. The van der Waals surface area contributed by atoms with E-state index >= 15 is 0 Å². The summed E-state index contributed by atoms with van der Waals surface area (Å²) < 4.78 is 84.1. The number of pyridine rings is 2. The molecule has 0 radical (unpaired) electrons. The Bertz CT molecular complexity index is 3070. The van der Waals surface area contributed by atoms with Crippen LogP contribution in [0.2, 0.25) is 0 Å². The Kier molecular flexibility index (Phi) is 12.0. The minimum Gasteiger partial charge on any atom is -0.426 e. The number of ether oxygens (including phenoxy) is 1. The van der Waals surface area contributed by atoms with Crippen molar-refractivity contribution in [2.45, 2.75) is 19.3 Å². The molecule has 8 aromatic rings. The maximum atomic E-state index is 13.2. The van der Waals surface area contributed by atoms with Crippen LogP contribution in [0.1, 0.15) is 39.0 Å². The summed E-state index contributed by atoms with van der Waals surface area (Å²) in [5.74, 6) is -1.63. The summed E-state index contributed by atoms with van der Waals surface area (Å²) in [6.07, 6.45) is -0.906. The first kappa shape index (κ1) is 42.8. The van der Waals surface area contributed by atoms with E-state index in [-0.39, 0.29) is 67.4 Å². The molecule has 0 spiro atoms. The predicted molar refractivity (Wildman–Crippen MR) is 218 cm³/mol. The number of nitrogens with zero attached hydrogens (tertiary/aromatic N) is 5. The molecular formula is C44H28F6N8O5. The van der Waals surface area contributed by atoms with Crippen molar-refractivity contribution in [1.29, 1.82) is 0 Å².